The van der Waals surface area contributed by atoms with Crippen LogP contribution in [0.1, 0.15) is 71.4 Å². The lowest BCUT2D eigenvalue weighted by molar-refractivity contribution is 0.0894. The fraction of sp³-hybridized carbons (Fsp3) is 0.214. The first-order chi connectivity index (χ1) is 14.9. The van der Waals surface area contributed by atoms with Crippen molar-refractivity contribution in [3.8, 4) is 0 Å². The van der Waals surface area contributed by atoms with Crippen LogP contribution < -0.4 is 4.90 Å². The first kappa shape index (κ1) is 19.5. The molecule has 1 aliphatic rings. The Kier molecular flexibility index (Phi) is 4.44. The number of imide groups is 1. The normalized spacial score (nSPS) is 13.8. The Morgan fingerprint density at radius 1 is 0.677 bits per heavy atom. The van der Waals surface area contributed by atoms with E-state index in [0.717, 1.165) is 38.4 Å². The number of para-hydroxylation sites is 1. The van der Waals surface area contributed by atoms with E-state index in [9.17, 15) is 9.59 Å². The molecule has 1 heterocycles. The number of carbonyl (C=O) groups excluding carboxylic acids is 2. The first-order valence-corrected chi connectivity index (χ1v) is 10.9. The number of hydrogen-bond acceptors (Lipinski definition) is 2. The van der Waals surface area contributed by atoms with E-state index >= 15 is 0 Å². The summed E-state index contributed by atoms with van der Waals surface area (Å²) in [5, 5.41) is 3.58. The summed E-state index contributed by atoms with van der Waals surface area (Å²) in [4.78, 5) is 29.3. The van der Waals surface area contributed by atoms with Crippen LogP contribution in [-0.4, -0.2) is 11.8 Å². The highest BCUT2D eigenvalue weighted by molar-refractivity contribution is 6.39. The molecule has 0 fully saturated rings. The maximum Gasteiger partial charge on any atom is 0.266 e. The van der Waals surface area contributed by atoms with E-state index in [1.165, 1.54) is 4.90 Å². The third-order valence-corrected chi connectivity index (χ3v) is 6.30. The van der Waals surface area contributed by atoms with Crippen molar-refractivity contribution in [2.75, 3.05) is 4.90 Å². The van der Waals surface area contributed by atoms with Crippen molar-refractivity contribution in [1.82, 2.24) is 0 Å². The van der Waals surface area contributed by atoms with Gasteiger partial charge in [0, 0.05) is 10.9 Å². The van der Waals surface area contributed by atoms with Crippen molar-refractivity contribution in [1.29, 1.82) is 0 Å². The number of fused-ring (bicyclic) bond motifs is 2. The van der Waals surface area contributed by atoms with Gasteiger partial charge in [0.2, 0.25) is 0 Å². The van der Waals surface area contributed by atoms with Gasteiger partial charge in [-0.2, -0.15) is 0 Å². The van der Waals surface area contributed by atoms with Crippen molar-refractivity contribution < 1.29 is 9.59 Å². The zero-order chi connectivity index (χ0) is 21.9. The van der Waals surface area contributed by atoms with E-state index in [4.69, 9.17) is 0 Å². The lowest BCUT2D eigenvalue weighted by Crippen LogP contribution is -2.42. The van der Waals surface area contributed by atoms with E-state index in [-0.39, 0.29) is 23.7 Å². The lowest BCUT2D eigenvalue weighted by Gasteiger charge is -2.32. The van der Waals surface area contributed by atoms with Crippen LogP contribution in [-0.2, 0) is 0 Å². The molecular formula is C28H25NO2. The summed E-state index contributed by atoms with van der Waals surface area (Å²) in [5.41, 5.74) is 3.99. The van der Waals surface area contributed by atoms with Gasteiger partial charge in [0.15, 0.2) is 0 Å². The Morgan fingerprint density at radius 3 is 1.97 bits per heavy atom. The molecule has 154 valence electrons. The molecule has 0 unspecified atom stereocenters. The van der Waals surface area contributed by atoms with Gasteiger partial charge < -0.3 is 0 Å². The molecular weight excluding hydrogens is 382 g/mol. The molecule has 0 aliphatic carbocycles. The smallest absolute Gasteiger partial charge is 0.266 e. The molecule has 3 nitrogen and oxygen atoms in total. The van der Waals surface area contributed by atoms with Crippen LogP contribution in [0.5, 0.6) is 0 Å². The van der Waals surface area contributed by atoms with E-state index in [0.29, 0.717) is 11.1 Å². The Balaban J connectivity index is 1.89. The van der Waals surface area contributed by atoms with Gasteiger partial charge >= 0.3 is 0 Å². The molecule has 4 aromatic rings. The number of nitrogens with zero attached hydrogens (tertiary/aromatic N) is 1. The van der Waals surface area contributed by atoms with Crippen molar-refractivity contribution in [2.24, 2.45) is 0 Å². The van der Waals surface area contributed by atoms with Crippen LogP contribution >= 0.6 is 0 Å². The fourth-order valence-corrected chi connectivity index (χ4v) is 4.82. The minimum absolute atomic E-state index is 0.180. The fourth-order valence-electron chi connectivity index (χ4n) is 4.82. The highest BCUT2D eigenvalue weighted by Crippen LogP contribution is 2.42. The second-order valence-electron chi connectivity index (χ2n) is 8.92. The quantitative estimate of drug-likeness (QED) is 0.270. The van der Waals surface area contributed by atoms with Crippen LogP contribution in [0.25, 0.3) is 21.5 Å². The number of anilines is 1. The summed E-state index contributed by atoms with van der Waals surface area (Å²) >= 11 is 0. The Hall–Kier alpha value is -3.46. The molecule has 4 aromatic carbocycles. The Labute approximate surface area is 182 Å². The van der Waals surface area contributed by atoms with Crippen molar-refractivity contribution in [3.05, 3.63) is 89.0 Å². The van der Waals surface area contributed by atoms with Gasteiger partial charge in [0.1, 0.15) is 0 Å². The number of hydrogen-bond donors (Lipinski definition) is 0. The van der Waals surface area contributed by atoms with E-state index in [1.54, 1.807) is 0 Å². The maximum absolute atomic E-state index is 14.1. The molecule has 31 heavy (non-hydrogen) atoms. The van der Waals surface area contributed by atoms with Gasteiger partial charge in [-0.25, -0.2) is 4.90 Å². The van der Waals surface area contributed by atoms with Gasteiger partial charge in [-0.15, -0.1) is 0 Å². The summed E-state index contributed by atoms with van der Waals surface area (Å²) in [6.45, 7) is 8.41. The minimum Gasteiger partial charge on any atom is -0.268 e. The average Bonchev–Trinajstić information content (AvgIpc) is 2.76. The van der Waals surface area contributed by atoms with Crippen LogP contribution in [0.15, 0.2) is 66.7 Å². The third-order valence-electron chi connectivity index (χ3n) is 6.30. The summed E-state index contributed by atoms with van der Waals surface area (Å²) in [5.74, 6) is -0.119. The molecule has 0 aromatic heterocycles. The van der Waals surface area contributed by atoms with Crippen LogP contribution in [0.2, 0.25) is 0 Å². The summed E-state index contributed by atoms with van der Waals surface area (Å²) < 4.78 is 0. The summed E-state index contributed by atoms with van der Waals surface area (Å²) in [7, 11) is 0. The molecule has 0 saturated carbocycles. The molecule has 0 saturated heterocycles. The number of carbonyl (C=O) groups is 2. The minimum atomic E-state index is -0.242. The van der Waals surface area contributed by atoms with Crippen LogP contribution in [0, 0.1) is 0 Å². The Bertz CT molecular complexity index is 1350. The molecule has 1 aliphatic heterocycles. The van der Waals surface area contributed by atoms with E-state index < -0.39 is 0 Å². The van der Waals surface area contributed by atoms with Crippen molar-refractivity contribution >= 4 is 39.0 Å². The van der Waals surface area contributed by atoms with Gasteiger partial charge in [-0.05, 0) is 51.3 Å². The topological polar surface area (TPSA) is 37.4 Å². The summed E-state index contributed by atoms with van der Waals surface area (Å²) in [6, 6.07) is 21.8. The maximum atomic E-state index is 14.1. The second-order valence-corrected chi connectivity index (χ2v) is 8.92. The highest BCUT2D eigenvalue weighted by atomic mass is 16.2. The van der Waals surface area contributed by atoms with E-state index in [2.05, 4.69) is 33.8 Å². The highest BCUT2D eigenvalue weighted by Gasteiger charge is 2.37. The molecule has 0 atom stereocenters. The third kappa shape index (κ3) is 2.80. The van der Waals surface area contributed by atoms with Gasteiger partial charge in [0.05, 0.1) is 11.3 Å². The van der Waals surface area contributed by atoms with Crippen molar-refractivity contribution in [2.45, 2.75) is 39.5 Å². The van der Waals surface area contributed by atoms with E-state index in [1.807, 2.05) is 60.7 Å². The predicted octanol–water partition coefficient (Wildman–Crippen LogP) is 7.04. The molecule has 2 amide bonds. The second kappa shape index (κ2) is 7.05. The Morgan fingerprint density at radius 2 is 1.29 bits per heavy atom. The monoisotopic (exact) mass is 407 g/mol. The molecule has 0 N–H and O–H groups in total. The number of rotatable bonds is 3. The molecule has 0 spiro atoms. The van der Waals surface area contributed by atoms with Gasteiger partial charge in [-0.1, -0.05) is 82.3 Å². The largest absolute Gasteiger partial charge is 0.268 e. The number of benzene rings is 4. The molecule has 5 rings (SSSR count). The summed E-state index contributed by atoms with van der Waals surface area (Å²) in [6.07, 6.45) is 0. The number of amides is 2. The standard InChI is InChI=1S/C28H25NO2/c1-16(2)20-12-8-13-21(17(3)4)26(20)29-27(30)23-14-7-10-19-15-18-9-5-6-11-22(18)25(24(19)23)28(29)31/h5-17H,1-4H3. The van der Waals surface area contributed by atoms with Crippen LogP contribution in [0.3, 0.4) is 0 Å². The van der Waals surface area contributed by atoms with Gasteiger partial charge in [-0.3, -0.25) is 9.59 Å². The molecule has 3 heteroatoms. The van der Waals surface area contributed by atoms with Crippen LogP contribution in [0.4, 0.5) is 5.69 Å². The molecule has 0 bridgehead atoms. The molecule has 0 radical (unpaired) electrons. The lowest BCUT2D eigenvalue weighted by atomic mass is 9.87. The predicted molar refractivity (Wildman–Crippen MR) is 127 cm³/mol. The first-order valence-electron chi connectivity index (χ1n) is 10.9. The zero-order valence-electron chi connectivity index (χ0n) is 18.3. The average molecular weight is 408 g/mol. The zero-order valence-corrected chi connectivity index (χ0v) is 18.3. The van der Waals surface area contributed by atoms with Crippen molar-refractivity contribution in [3.63, 3.8) is 0 Å². The van der Waals surface area contributed by atoms with Gasteiger partial charge in [0.25, 0.3) is 11.8 Å². The SMILES string of the molecule is CC(C)c1cccc(C(C)C)c1N1C(=O)c2cccc3cc4ccccc4c(c23)C1=O.